The number of benzene rings is 2. The summed E-state index contributed by atoms with van der Waals surface area (Å²) < 4.78 is 19.5. The van der Waals surface area contributed by atoms with Crippen molar-refractivity contribution in [2.24, 2.45) is 0 Å². The molecule has 1 N–H and O–H groups in total. The third kappa shape index (κ3) is 3.50. The Morgan fingerprint density at radius 1 is 1.07 bits per heavy atom. The van der Waals surface area contributed by atoms with Crippen molar-refractivity contribution in [3.05, 3.63) is 77.2 Å². The van der Waals surface area contributed by atoms with Crippen molar-refractivity contribution in [2.45, 2.75) is 13.8 Å². The topological polar surface area (TPSA) is 85.1 Å². The molecule has 0 unspecified atom stereocenters. The number of fused-ring (bicyclic) bond motifs is 1. The monoisotopic (exact) mass is 389 g/mol. The van der Waals surface area contributed by atoms with Gasteiger partial charge in [0, 0.05) is 16.8 Å². The third-order valence-electron chi connectivity index (χ3n) is 4.56. The lowest BCUT2D eigenvalue weighted by Gasteiger charge is -2.09. The van der Waals surface area contributed by atoms with E-state index in [9.17, 15) is 14.0 Å². The summed E-state index contributed by atoms with van der Waals surface area (Å²) in [6.45, 7) is 3.18. The highest BCUT2D eigenvalue weighted by molar-refractivity contribution is 6.13. The summed E-state index contributed by atoms with van der Waals surface area (Å²) in [6, 6.07) is 14.2. The first-order valence-corrected chi connectivity index (χ1v) is 8.88. The van der Waals surface area contributed by atoms with E-state index < -0.39 is 11.7 Å². The average molecular weight is 389 g/mol. The zero-order valence-electron chi connectivity index (χ0n) is 15.7. The van der Waals surface area contributed by atoms with Crippen molar-refractivity contribution in [1.29, 1.82) is 0 Å². The number of hydrogen-bond acceptors (Lipinski definition) is 5. The van der Waals surface area contributed by atoms with Crippen LogP contribution in [0.4, 0.5) is 10.1 Å². The van der Waals surface area contributed by atoms with E-state index in [1.807, 2.05) is 0 Å². The van der Waals surface area contributed by atoms with Crippen LogP contribution in [0.3, 0.4) is 0 Å². The quantitative estimate of drug-likeness (QED) is 0.507. The number of carbonyl (C=O) groups excluding carboxylic acids is 2. The zero-order chi connectivity index (χ0) is 20.5. The maximum atomic E-state index is 14.2. The van der Waals surface area contributed by atoms with Gasteiger partial charge in [0.15, 0.2) is 5.78 Å². The minimum atomic E-state index is -0.457. The highest BCUT2D eigenvalue weighted by atomic mass is 19.1. The molecule has 0 bridgehead atoms. The molecular weight excluding hydrogens is 373 g/mol. The van der Waals surface area contributed by atoms with Crippen molar-refractivity contribution >= 4 is 28.5 Å². The molecule has 7 heteroatoms. The summed E-state index contributed by atoms with van der Waals surface area (Å²) in [5.74, 6) is -0.938. The SMILES string of the molecule is CC(=O)c1ccc(NC(=O)c2cc(-c3ccccc3F)nc3onc(C)c23)cc1. The lowest BCUT2D eigenvalue weighted by atomic mass is 10.0. The molecule has 0 saturated carbocycles. The first-order valence-electron chi connectivity index (χ1n) is 8.88. The van der Waals surface area contributed by atoms with E-state index in [-0.39, 0.29) is 28.3 Å². The van der Waals surface area contributed by atoms with Crippen LogP contribution in [-0.2, 0) is 0 Å². The number of Topliss-reactive ketones (excluding diaryl/α,β-unsaturated/α-hetero) is 1. The Morgan fingerprint density at radius 2 is 1.79 bits per heavy atom. The molecule has 0 saturated heterocycles. The summed E-state index contributed by atoms with van der Waals surface area (Å²) in [4.78, 5) is 28.7. The number of nitrogens with one attached hydrogen (secondary N) is 1. The molecule has 0 radical (unpaired) electrons. The Balaban J connectivity index is 1.77. The first-order chi connectivity index (χ1) is 13.9. The van der Waals surface area contributed by atoms with E-state index in [1.165, 1.54) is 19.1 Å². The molecule has 0 aliphatic heterocycles. The van der Waals surface area contributed by atoms with Crippen molar-refractivity contribution in [3.8, 4) is 11.3 Å². The van der Waals surface area contributed by atoms with Crippen LogP contribution in [0, 0.1) is 12.7 Å². The molecule has 2 aromatic carbocycles. The maximum absolute atomic E-state index is 14.2. The fraction of sp³-hybridized carbons (Fsp3) is 0.0909. The Morgan fingerprint density at radius 3 is 2.48 bits per heavy atom. The summed E-state index contributed by atoms with van der Waals surface area (Å²) >= 11 is 0. The molecule has 1 amide bonds. The van der Waals surface area contributed by atoms with Crippen LogP contribution < -0.4 is 5.32 Å². The van der Waals surface area contributed by atoms with E-state index in [0.29, 0.717) is 22.3 Å². The van der Waals surface area contributed by atoms with Gasteiger partial charge in [-0.25, -0.2) is 9.37 Å². The molecular formula is C22H16FN3O3. The molecule has 2 aromatic heterocycles. The van der Waals surface area contributed by atoms with Gasteiger partial charge in [0.1, 0.15) is 5.82 Å². The minimum absolute atomic E-state index is 0.0617. The largest absolute Gasteiger partial charge is 0.335 e. The molecule has 0 aliphatic rings. The molecule has 0 fully saturated rings. The van der Waals surface area contributed by atoms with Gasteiger partial charge in [-0.15, -0.1) is 0 Å². The minimum Gasteiger partial charge on any atom is -0.335 e. The Kier molecular flexibility index (Phi) is 4.64. The molecule has 0 spiro atoms. The van der Waals surface area contributed by atoms with Gasteiger partial charge in [0.05, 0.1) is 22.3 Å². The van der Waals surface area contributed by atoms with Gasteiger partial charge in [-0.1, -0.05) is 17.3 Å². The average Bonchev–Trinajstić information content (AvgIpc) is 3.09. The van der Waals surface area contributed by atoms with Gasteiger partial charge in [-0.05, 0) is 56.3 Å². The Bertz CT molecular complexity index is 1250. The van der Waals surface area contributed by atoms with Crippen molar-refractivity contribution in [2.75, 3.05) is 5.32 Å². The second-order valence-electron chi connectivity index (χ2n) is 6.57. The lowest BCUT2D eigenvalue weighted by Crippen LogP contribution is -2.13. The zero-order valence-corrected chi connectivity index (χ0v) is 15.7. The molecule has 2 heterocycles. The molecule has 6 nitrogen and oxygen atoms in total. The second-order valence-corrected chi connectivity index (χ2v) is 6.57. The van der Waals surface area contributed by atoms with E-state index in [4.69, 9.17) is 4.52 Å². The Hall–Kier alpha value is -3.87. The third-order valence-corrected chi connectivity index (χ3v) is 4.56. The standard InChI is InChI=1S/C22H16FN3O3/c1-12-20-17(21(28)24-15-9-7-14(8-10-15)13(2)27)11-19(25-22(20)29-26-12)16-5-3-4-6-18(16)23/h3-11H,1-2H3,(H,24,28). The number of halogens is 1. The lowest BCUT2D eigenvalue weighted by molar-refractivity contribution is 0.101. The van der Waals surface area contributed by atoms with Gasteiger partial charge in [0.25, 0.3) is 11.6 Å². The first kappa shape index (κ1) is 18.5. The fourth-order valence-corrected chi connectivity index (χ4v) is 3.07. The van der Waals surface area contributed by atoms with E-state index in [2.05, 4.69) is 15.5 Å². The van der Waals surface area contributed by atoms with Crippen LogP contribution in [0.25, 0.3) is 22.4 Å². The van der Waals surface area contributed by atoms with Crippen molar-refractivity contribution < 1.29 is 18.5 Å². The van der Waals surface area contributed by atoms with Gasteiger partial charge < -0.3 is 9.84 Å². The molecule has 4 rings (SSSR count). The van der Waals surface area contributed by atoms with Gasteiger partial charge in [0.2, 0.25) is 0 Å². The number of nitrogens with zero attached hydrogens (tertiary/aromatic N) is 2. The number of pyridine rings is 1. The van der Waals surface area contributed by atoms with Gasteiger partial charge >= 0.3 is 0 Å². The second kappa shape index (κ2) is 7.27. The number of anilines is 1. The highest BCUT2D eigenvalue weighted by Gasteiger charge is 2.20. The Labute approximate surface area is 165 Å². The van der Waals surface area contributed by atoms with Crippen LogP contribution in [0.15, 0.2) is 59.1 Å². The van der Waals surface area contributed by atoms with Crippen LogP contribution in [0.2, 0.25) is 0 Å². The van der Waals surface area contributed by atoms with Crippen LogP contribution in [0.1, 0.15) is 33.3 Å². The molecule has 4 aromatic rings. The summed E-state index contributed by atoms with van der Waals surface area (Å²) in [7, 11) is 0. The normalized spacial score (nSPS) is 10.9. The molecule has 0 atom stereocenters. The number of rotatable bonds is 4. The number of amides is 1. The van der Waals surface area contributed by atoms with Crippen molar-refractivity contribution in [1.82, 2.24) is 10.1 Å². The van der Waals surface area contributed by atoms with E-state index >= 15 is 0 Å². The van der Waals surface area contributed by atoms with Gasteiger partial charge in [-0.3, -0.25) is 9.59 Å². The predicted octanol–water partition coefficient (Wildman–Crippen LogP) is 4.79. The number of ketones is 1. The van der Waals surface area contributed by atoms with Crippen molar-refractivity contribution in [3.63, 3.8) is 0 Å². The van der Waals surface area contributed by atoms with Crippen LogP contribution in [-0.4, -0.2) is 21.8 Å². The smallest absolute Gasteiger partial charge is 0.259 e. The predicted molar refractivity (Wildman–Crippen MR) is 106 cm³/mol. The molecule has 0 aliphatic carbocycles. The molecule has 29 heavy (non-hydrogen) atoms. The number of hydrogen-bond donors (Lipinski definition) is 1. The number of carbonyl (C=O) groups is 2. The highest BCUT2D eigenvalue weighted by Crippen LogP contribution is 2.29. The summed E-state index contributed by atoms with van der Waals surface area (Å²) in [6.07, 6.45) is 0. The summed E-state index contributed by atoms with van der Waals surface area (Å²) in [5, 5.41) is 7.13. The number of aryl methyl sites for hydroxylation is 1. The fourth-order valence-electron chi connectivity index (χ4n) is 3.07. The van der Waals surface area contributed by atoms with Gasteiger partial charge in [-0.2, -0.15) is 0 Å². The number of aromatic nitrogens is 2. The van der Waals surface area contributed by atoms with Crippen LogP contribution in [0.5, 0.6) is 0 Å². The maximum Gasteiger partial charge on any atom is 0.259 e. The van der Waals surface area contributed by atoms with Crippen LogP contribution >= 0.6 is 0 Å². The summed E-state index contributed by atoms with van der Waals surface area (Å²) in [5.41, 5.74) is 2.51. The van der Waals surface area contributed by atoms with E-state index in [0.717, 1.165) is 0 Å². The molecule has 144 valence electrons. The van der Waals surface area contributed by atoms with E-state index in [1.54, 1.807) is 49.4 Å².